The standard InChI is InChI=1S/C12H18N4O3/c17-2-1-16(6-10(19)7-18)5-9-3-14-11-4-13-8-15-12(9)11/h3-4,8,10,17-19H,1-2,5-7H2,(H,13,15)/t10-/m1/s1. The van der Waals surface area contributed by atoms with Gasteiger partial charge in [0.25, 0.3) is 0 Å². The molecule has 7 heteroatoms. The summed E-state index contributed by atoms with van der Waals surface area (Å²) in [7, 11) is 0. The molecule has 0 unspecified atom stereocenters. The lowest BCUT2D eigenvalue weighted by atomic mass is 10.2. The highest BCUT2D eigenvalue weighted by Crippen LogP contribution is 2.22. The molecular formula is C12H18N4O3. The average molecular weight is 266 g/mol. The Hall–Kier alpha value is -1.54. The van der Waals surface area contributed by atoms with Crippen molar-refractivity contribution in [3.8, 4) is 11.4 Å². The second kappa shape index (κ2) is 6.58. The van der Waals surface area contributed by atoms with Gasteiger partial charge in [-0.15, -0.1) is 0 Å². The molecule has 0 aromatic carbocycles. The molecule has 0 saturated heterocycles. The zero-order valence-electron chi connectivity index (χ0n) is 10.5. The molecule has 0 bridgehead atoms. The number of hydrogen-bond acceptors (Lipinski definition) is 6. The second-order valence-electron chi connectivity index (χ2n) is 4.38. The van der Waals surface area contributed by atoms with Crippen molar-refractivity contribution in [2.45, 2.75) is 12.6 Å². The summed E-state index contributed by atoms with van der Waals surface area (Å²) in [5, 5.41) is 27.4. The van der Waals surface area contributed by atoms with Gasteiger partial charge in [-0.05, 0) is 0 Å². The fourth-order valence-electron chi connectivity index (χ4n) is 2.00. The topological polar surface area (TPSA) is 106 Å². The number of hydrogen-bond donors (Lipinski definition) is 4. The van der Waals surface area contributed by atoms with Crippen molar-refractivity contribution in [1.29, 1.82) is 0 Å². The minimum Gasteiger partial charge on any atom is -0.395 e. The summed E-state index contributed by atoms with van der Waals surface area (Å²) in [6.07, 6.45) is 4.28. The third-order valence-corrected chi connectivity index (χ3v) is 2.88. The fraction of sp³-hybridized carbons (Fsp3) is 0.500. The largest absolute Gasteiger partial charge is 0.395 e. The van der Waals surface area contributed by atoms with Gasteiger partial charge < -0.3 is 20.3 Å². The number of aromatic amines is 1. The van der Waals surface area contributed by atoms with Crippen LogP contribution in [0.3, 0.4) is 0 Å². The molecule has 0 aromatic rings. The lowest BCUT2D eigenvalue weighted by Gasteiger charge is -2.23. The number of aromatic nitrogens is 3. The molecular weight excluding hydrogens is 248 g/mol. The predicted molar refractivity (Wildman–Crippen MR) is 68.5 cm³/mol. The molecule has 0 radical (unpaired) electrons. The highest BCUT2D eigenvalue weighted by molar-refractivity contribution is 5.59. The quantitative estimate of drug-likeness (QED) is 0.515. The molecule has 0 amide bonds. The van der Waals surface area contributed by atoms with E-state index >= 15 is 0 Å². The zero-order valence-corrected chi connectivity index (χ0v) is 10.5. The van der Waals surface area contributed by atoms with Crippen LogP contribution < -0.4 is 0 Å². The van der Waals surface area contributed by atoms with Gasteiger partial charge in [0.1, 0.15) is 5.69 Å². The summed E-state index contributed by atoms with van der Waals surface area (Å²) in [4.78, 5) is 13.2. The van der Waals surface area contributed by atoms with Crippen LogP contribution >= 0.6 is 0 Å². The summed E-state index contributed by atoms with van der Waals surface area (Å²) in [5.41, 5.74) is 2.52. The van der Waals surface area contributed by atoms with E-state index in [9.17, 15) is 5.11 Å². The lowest BCUT2D eigenvalue weighted by molar-refractivity contribution is 0.0510. The lowest BCUT2D eigenvalue weighted by Crippen LogP contribution is -2.35. The molecule has 2 rings (SSSR count). The van der Waals surface area contributed by atoms with Gasteiger partial charge in [0, 0.05) is 37.6 Å². The molecule has 0 fully saturated rings. The van der Waals surface area contributed by atoms with Crippen LogP contribution in [0, 0.1) is 0 Å². The first kappa shape index (κ1) is 13.9. The minimum atomic E-state index is -0.818. The highest BCUT2D eigenvalue weighted by atomic mass is 16.3. The van der Waals surface area contributed by atoms with Crippen molar-refractivity contribution in [1.82, 2.24) is 19.9 Å². The van der Waals surface area contributed by atoms with Gasteiger partial charge in [-0.2, -0.15) is 0 Å². The van der Waals surface area contributed by atoms with E-state index in [1.54, 1.807) is 18.7 Å². The molecule has 2 heterocycles. The Kier molecular flexibility index (Phi) is 4.80. The van der Waals surface area contributed by atoms with Gasteiger partial charge in [-0.1, -0.05) is 0 Å². The molecule has 0 aromatic heterocycles. The van der Waals surface area contributed by atoms with Crippen molar-refractivity contribution in [3.05, 3.63) is 24.3 Å². The number of fused-ring (bicyclic) bond motifs is 1. The van der Waals surface area contributed by atoms with Crippen molar-refractivity contribution in [2.24, 2.45) is 0 Å². The molecule has 1 atom stereocenters. The fourth-order valence-corrected chi connectivity index (χ4v) is 2.00. The molecule has 0 spiro atoms. The van der Waals surface area contributed by atoms with Crippen molar-refractivity contribution >= 4 is 0 Å². The van der Waals surface area contributed by atoms with Gasteiger partial charge >= 0.3 is 0 Å². The Morgan fingerprint density at radius 2 is 2.16 bits per heavy atom. The van der Waals surface area contributed by atoms with Gasteiger partial charge in [0.15, 0.2) is 0 Å². The molecule has 2 aliphatic heterocycles. The van der Waals surface area contributed by atoms with Crippen LogP contribution in [-0.2, 0) is 6.54 Å². The summed E-state index contributed by atoms with van der Waals surface area (Å²) in [6, 6.07) is 0. The number of nitrogens with zero attached hydrogens (tertiary/aromatic N) is 3. The van der Waals surface area contributed by atoms with Gasteiger partial charge in [-0.3, -0.25) is 9.88 Å². The summed E-state index contributed by atoms with van der Waals surface area (Å²) in [6.45, 7) is 0.928. The zero-order chi connectivity index (χ0) is 13.7. The van der Waals surface area contributed by atoms with E-state index < -0.39 is 6.10 Å². The van der Waals surface area contributed by atoms with Crippen LogP contribution in [0.25, 0.3) is 11.4 Å². The Bertz CT molecular complexity index is 476. The number of H-pyrrole nitrogens is 1. The Morgan fingerprint density at radius 1 is 1.32 bits per heavy atom. The normalized spacial score (nSPS) is 13.3. The van der Waals surface area contributed by atoms with E-state index in [2.05, 4.69) is 15.0 Å². The molecule has 104 valence electrons. The Morgan fingerprint density at radius 3 is 2.89 bits per heavy atom. The maximum Gasteiger partial charge on any atom is 0.105 e. The van der Waals surface area contributed by atoms with E-state index in [1.165, 1.54) is 0 Å². The summed E-state index contributed by atoms with van der Waals surface area (Å²) >= 11 is 0. The van der Waals surface area contributed by atoms with Crippen LogP contribution in [0.4, 0.5) is 0 Å². The Balaban J connectivity index is 2.08. The maximum atomic E-state index is 9.49. The third kappa shape index (κ3) is 3.48. The molecule has 7 nitrogen and oxygen atoms in total. The van der Waals surface area contributed by atoms with Crippen molar-refractivity contribution < 1.29 is 15.3 Å². The van der Waals surface area contributed by atoms with Crippen LogP contribution in [0.15, 0.2) is 18.7 Å². The van der Waals surface area contributed by atoms with E-state index in [-0.39, 0.29) is 13.2 Å². The first-order valence-electron chi connectivity index (χ1n) is 6.13. The Labute approximate surface area is 110 Å². The summed E-state index contributed by atoms with van der Waals surface area (Å²) in [5.74, 6) is 0. The van der Waals surface area contributed by atoms with Crippen molar-refractivity contribution in [2.75, 3.05) is 26.3 Å². The van der Waals surface area contributed by atoms with Crippen LogP contribution in [0.5, 0.6) is 0 Å². The molecule has 19 heavy (non-hydrogen) atoms. The van der Waals surface area contributed by atoms with E-state index in [4.69, 9.17) is 10.2 Å². The highest BCUT2D eigenvalue weighted by Gasteiger charge is 2.17. The average Bonchev–Trinajstić information content (AvgIpc) is 2.82. The second-order valence-corrected chi connectivity index (χ2v) is 4.38. The van der Waals surface area contributed by atoms with E-state index in [1.807, 2.05) is 4.90 Å². The monoisotopic (exact) mass is 266 g/mol. The van der Waals surface area contributed by atoms with E-state index in [0.29, 0.717) is 19.6 Å². The number of aliphatic hydroxyl groups excluding tert-OH is 3. The maximum absolute atomic E-state index is 9.49. The molecule has 2 aliphatic rings. The predicted octanol–water partition coefficient (Wildman–Crippen LogP) is -0.943. The molecule has 0 aliphatic carbocycles. The SMILES string of the molecule is OCCN(Cc1cnc2c[nH]cnc1-2)C[C@@H](O)CO. The van der Waals surface area contributed by atoms with E-state index in [0.717, 1.165) is 17.0 Å². The number of nitrogens with one attached hydrogen (secondary N) is 1. The molecule has 4 N–H and O–H groups in total. The van der Waals surface area contributed by atoms with Gasteiger partial charge in [0.05, 0.1) is 31.3 Å². The van der Waals surface area contributed by atoms with Crippen LogP contribution in [0.2, 0.25) is 0 Å². The molecule has 0 saturated carbocycles. The van der Waals surface area contributed by atoms with Crippen LogP contribution in [0.1, 0.15) is 5.56 Å². The summed E-state index contributed by atoms with van der Waals surface area (Å²) < 4.78 is 0. The van der Waals surface area contributed by atoms with Gasteiger partial charge in [-0.25, -0.2) is 4.98 Å². The first-order chi connectivity index (χ1) is 9.24. The van der Waals surface area contributed by atoms with Crippen LogP contribution in [-0.4, -0.2) is 67.6 Å². The van der Waals surface area contributed by atoms with Gasteiger partial charge in [0.2, 0.25) is 0 Å². The smallest absolute Gasteiger partial charge is 0.105 e. The van der Waals surface area contributed by atoms with Crippen molar-refractivity contribution in [3.63, 3.8) is 0 Å². The number of aliphatic hydroxyl groups is 3. The number of rotatable bonds is 7. The first-order valence-corrected chi connectivity index (χ1v) is 6.13. The third-order valence-electron chi connectivity index (χ3n) is 2.88. The minimum absolute atomic E-state index is 0.00851.